The van der Waals surface area contributed by atoms with E-state index in [0.717, 1.165) is 21.3 Å². The number of hydrogen-bond acceptors (Lipinski definition) is 8. The molecule has 2 aromatic carbocycles. The largest absolute Gasteiger partial charge is 0.496 e. The van der Waals surface area contributed by atoms with Crippen LogP contribution in [0.2, 0.25) is 0 Å². The summed E-state index contributed by atoms with van der Waals surface area (Å²) in [7, 11) is 2.97. The number of pyridine rings is 2. The molecule has 0 saturated carbocycles. The van der Waals surface area contributed by atoms with Crippen LogP contribution in [0, 0.1) is 5.82 Å². The maximum Gasteiger partial charge on any atom is 0.271 e. The maximum absolute atomic E-state index is 15.2. The molecule has 0 aliphatic rings. The Morgan fingerprint density at radius 2 is 1.84 bits per heavy atom. The van der Waals surface area contributed by atoms with Crippen molar-refractivity contribution in [2.45, 2.75) is 6.73 Å². The number of carbonyl (C=O) groups excluding carboxylic acids is 1. The van der Waals surface area contributed by atoms with E-state index in [2.05, 4.69) is 15.3 Å². The number of thiophene rings is 1. The smallest absolute Gasteiger partial charge is 0.271 e. The van der Waals surface area contributed by atoms with Gasteiger partial charge in [-0.25, -0.2) is 9.37 Å². The summed E-state index contributed by atoms with van der Waals surface area (Å²) in [4.78, 5) is 36.2. The minimum Gasteiger partial charge on any atom is -0.496 e. The van der Waals surface area contributed by atoms with Gasteiger partial charge in [0.15, 0.2) is 11.6 Å². The van der Waals surface area contributed by atoms with Crippen molar-refractivity contribution in [3.05, 3.63) is 113 Å². The van der Waals surface area contributed by atoms with Crippen LogP contribution in [-0.2, 0) is 11.5 Å². The summed E-state index contributed by atoms with van der Waals surface area (Å²) in [5.74, 6) is -0.982. The van der Waals surface area contributed by atoms with E-state index in [1.807, 2.05) is 22.9 Å². The Kier molecular flexibility index (Phi) is 7.69. The average Bonchev–Trinajstić information content (AvgIpc) is 3.67. The number of nitrogens with zero attached hydrogens (tertiary/aromatic N) is 4. The fourth-order valence-corrected chi connectivity index (χ4v) is 5.52. The summed E-state index contributed by atoms with van der Waals surface area (Å²) >= 11 is 1.42. The highest BCUT2D eigenvalue weighted by molar-refractivity contribution is 7.22. The predicted octanol–water partition coefficient (Wildman–Crippen LogP) is 6.11. The molecular weight excluding hydrogens is 573 g/mol. The molecule has 0 radical (unpaired) electrons. The Morgan fingerprint density at radius 3 is 2.60 bits per heavy atom. The molecule has 216 valence electrons. The zero-order chi connectivity index (χ0) is 29.9. The highest BCUT2D eigenvalue weighted by Crippen LogP contribution is 2.39. The normalized spacial score (nSPS) is 11.0. The van der Waals surface area contributed by atoms with Crippen LogP contribution in [0.15, 0.2) is 96.4 Å². The summed E-state index contributed by atoms with van der Waals surface area (Å²) in [5.41, 5.74) is 1.36. The number of benzene rings is 2. The Bertz CT molecular complexity index is 2000. The van der Waals surface area contributed by atoms with Crippen molar-refractivity contribution in [1.29, 1.82) is 0 Å². The van der Waals surface area contributed by atoms with Crippen molar-refractivity contribution >= 4 is 33.1 Å². The molecule has 0 aliphatic heterocycles. The number of imidazole rings is 1. The lowest BCUT2D eigenvalue weighted by Gasteiger charge is -2.13. The van der Waals surface area contributed by atoms with Gasteiger partial charge in [-0.1, -0.05) is 18.2 Å². The second kappa shape index (κ2) is 11.9. The monoisotopic (exact) mass is 597 g/mol. The minimum atomic E-state index is -0.741. The molecule has 0 spiro atoms. The summed E-state index contributed by atoms with van der Waals surface area (Å²) in [6.07, 6.45) is 6.65. The topological polar surface area (TPSA) is 110 Å². The van der Waals surface area contributed by atoms with Crippen LogP contribution >= 0.6 is 11.3 Å². The zero-order valence-corrected chi connectivity index (χ0v) is 23.8. The van der Waals surface area contributed by atoms with Crippen LogP contribution in [0.1, 0.15) is 10.4 Å². The quantitative estimate of drug-likeness (QED) is 0.214. The fraction of sp³-hybridized carbons (Fsp3) is 0.0968. The summed E-state index contributed by atoms with van der Waals surface area (Å²) in [6.45, 7) is 0.380. The number of aromatic nitrogens is 4. The van der Waals surface area contributed by atoms with Gasteiger partial charge in [0.25, 0.3) is 11.5 Å². The highest BCUT2D eigenvalue weighted by Gasteiger charge is 2.21. The van der Waals surface area contributed by atoms with Crippen molar-refractivity contribution in [3.63, 3.8) is 0 Å². The number of amides is 1. The first-order chi connectivity index (χ1) is 20.9. The molecule has 10 nitrogen and oxygen atoms in total. The number of fused-ring (bicyclic) bond motifs is 1. The number of rotatable bonds is 9. The van der Waals surface area contributed by atoms with Crippen LogP contribution in [0.25, 0.3) is 26.5 Å². The third kappa shape index (κ3) is 5.61. The lowest BCUT2D eigenvalue weighted by atomic mass is 10.2. The standard InChI is InChI=1S/C31H24FN5O5S/c1-40-18-36-16-23(34-17-36)27-15-22-29(43-27)26(10-12-33-22)42-24-9-8-19(14-21(24)32)35-30(38)28-25(41-2)11-13-37(31(28)39)20-6-4-3-5-7-20/h3-17H,18H2,1-2H3,(H,35,38). The molecule has 4 aromatic heterocycles. The maximum atomic E-state index is 15.2. The first-order valence-electron chi connectivity index (χ1n) is 13.0. The summed E-state index contributed by atoms with van der Waals surface area (Å²) < 4.78 is 35.5. The highest BCUT2D eigenvalue weighted by atomic mass is 32.1. The minimum absolute atomic E-state index is 0.0476. The molecule has 0 bridgehead atoms. The predicted molar refractivity (Wildman–Crippen MR) is 161 cm³/mol. The number of ether oxygens (including phenoxy) is 3. The van der Waals surface area contributed by atoms with Gasteiger partial charge in [-0.05, 0) is 36.4 Å². The van der Waals surface area contributed by atoms with Crippen LogP contribution in [0.3, 0.4) is 0 Å². The van der Waals surface area contributed by atoms with Gasteiger partial charge in [-0.15, -0.1) is 11.3 Å². The van der Waals surface area contributed by atoms with Crippen molar-refractivity contribution in [3.8, 4) is 33.5 Å². The Labute approximate surface area is 248 Å². The number of carbonyl (C=O) groups is 1. The van der Waals surface area contributed by atoms with E-state index in [4.69, 9.17) is 14.2 Å². The van der Waals surface area contributed by atoms with E-state index >= 15 is 4.39 Å². The van der Waals surface area contributed by atoms with Crippen molar-refractivity contribution in [1.82, 2.24) is 19.1 Å². The first-order valence-corrected chi connectivity index (χ1v) is 13.8. The van der Waals surface area contributed by atoms with Gasteiger partial charge in [0, 0.05) is 49.2 Å². The third-order valence-corrected chi connectivity index (χ3v) is 7.65. The number of nitrogens with one attached hydrogen (secondary N) is 1. The van der Waals surface area contributed by atoms with Crippen molar-refractivity contribution < 1.29 is 23.4 Å². The van der Waals surface area contributed by atoms with E-state index in [0.29, 0.717) is 23.7 Å². The molecule has 12 heteroatoms. The van der Waals surface area contributed by atoms with Crippen LogP contribution in [0.5, 0.6) is 17.2 Å². The molecule has 0 atom stereocenters. The van der Waals surface area contributed by atoms with E-state index < -0.39 is 17.3 Å². The molecule has 0 saturated heterocycles. The van der Waals surface area contributed by atoms with Crippen LogP contribution in [-0.4, -0.2) is 39.2 Å². The number of halogens is 1. The van der Waals surface area contributed by atoms with Crippen LogP contribution < -0.4 is 20.3 Å². The fourth-order valence-electron chi connectivity index (χ4n) is 4.49. The van der Waals surface area contributed by atoms with E-state index in [9.17, 15) is 9.59 Å². The lowest BCUT2D eigenvalue weighted by Crippen LogP contribution is -2.28. The molecule has 0 fully saturated rings. The van der Waals surface area contributed by atoms with Gasteiger partial charge >= 0.3 is 0 Å². The van der Waals surface area contributed by atoms with E-state index in [1.54, 1.807) is 50.0 Å². The van der Waals surface area contributed by atoms with Crippen LogP contribution in [0.4, 0.5) is 10.1 Å². The first kappa shape index (κ1) is 27.8. The molecule has 0 aliphatic carbocycles. The lowest BCUT2D eigenvalue weighted by molar-refractivity contribution is 0.102. The van der Waals surface area contributed by atoms with Crippen molar-refractivity contribution in [2.24, 2.45) is 0 Å². The number of anilines is 1. The molecule has 43 heavy (non-hydrogen) atoms. The molecule has 4 heterocycles. The van der Waals surface area contributed by atoms with E-state index in [-0.39, 0.29) is 22.7 Å². The number of para-hydroxylation sites is 1. The van der Waals surface area contributed by atoms with Gasteiger partial charge in [0.1, 0.15) is 23.8 Å². The second-order valence-electron chi connectivity index (χ2n) is 9.30. The van der Waals surface area contributed by atoms with Gasteiger partial charge in [-0.2, -0.15) is 0 Å². The molecule has 6 aromatic rings. The van der Waals surface area contributed by atoms with Gasteiger partial charge in [0.05, 0.1) is 34.2 Å². The van der Waals surface area contributed by atoms with E-state index in [1.165, 1.54) is 47.4 Å². The number of methoxy groups -OCH3 is 2. The second-order valence-corrected chi connectivity index (χ2v) is 10.3. The average molecular weight is 598 g/mol. The third-order valence-electron chi connectivity index (χ3n) is 6.48. The summed E-state index contributed by atoms with van der Waals surface area (Å²) in [6, 6.07) is 18.0. The molecule has 1 amide bonds. The Balaban J connectivity index is 1.24. The molecule has 6 rings (SSSR count). The molecule has 1 N–H and O–H groups in total. The Morgan fingerprint density at radius 1 is 1.00 bits per heavy atom. The molecule has 0 unspecified atom stereocenters. The number of hydrogen-bond donors (Lipinski definition) is 1. The zero-order valence-electron chi connectivity index (χ0n) is 23.0. The van der Waals surface area contributed by atoms with Gasteiger partial charge in [-0.3, -0.25) is 19.1 Å². The molecular formula is C31H24FN5O5S. The SMILES string of the molecule is COCn1cnc(-c2cc3nccc(Oc4ccc(NC(=O)c5c(OC)ccn(-c6ccccc6)c5=O)cc4F)c3s2)c1. The Hall–Kier alpha value is -5.33. The van der Waals surface area contributed by atoms with Gasteiger partial charge < -0.3 is 24.1 Å². The van der Waals surface area contributed by atoms with Crippen molar-refractivity contribution in [2.75, 3.05) is 19.5 Å². The summed E-state index contributed by atoms with van der Waals surface area (Å²) in [5, 5.41) is 2.59. The van der Waals surface area contributed by atoms with Gasteiger partial charge in [0.2, 0.25) is 0 Å².